The largest absolute Gasteiger partial charge is 0.481 e. The molecule has 5 nitrogen and oxygen atoms in total. The summed E-state index contributed by atoms with van der Waals surface area (Å²) in [5.41, 5.74) is 1.05. The van der Waals surface area contributed by atoms with Crippen molar-refractivity contribution in [2.75, 3.05) is 19.5 Å². The quantitative estimate of drug-likeness (QED) is 0.851. The van der Waals surface area contributed by atoms with Gasteiger partial charge in [0.05, 0.1) is 10.7 Å². The second kappa shape index (κ2) is 5.94. The van der Waals surface area contributed by atoms with Gasteiger partial charge in [0.2, 0.25) is 5.88 Å². The molecule has 18 heavy (non-hydrogen) atoms. The molecule has 6 heteroatoms. The van der Waals surface area contributed by atoms with Crippen molar-refractivity contribution in [3.8, 4) is 5.88 Å². The number of rotatable bonds is 4. The van der Waals surface area contributed by atoms with Crippen LogP contribution in [0.5, 0.6) is 5.88 Å². The summed E-state index contributed by atoms with van der Waals surface area (Å²) in [5.74, 6) is 2.23. The Balaban J connectivity index is 2.17. The zero-order valence-electron chi connectivity index (χ0n) is 10.1. The second-order valence-electron chi connectivity index (χ2n) is 3.62. The highest BCUT2D eigenvalue weighted by molar-refractivity contribution is 14.1. The Kier molecular flexibility index (Phi) is 4.29. The van der Waals surface area contributed by atoms with Crippen LogP contribution in [0.4, 0.5) is 5.82 Å². The van der Waals surface area contributed by atoms with Gasteiger partial charge in [-0.25, -0.2) is 15.0 Å². The molecule has 1 N–H and O–H groups in total. The van der Waals surface area contributed by atoms with E-state index in [0.29, 0.717) is 12.3 Å². The van der Waals surface area contributed by atoms with Gasteiger partial charge in [-0.2, -0.15) is 0 Å². The lowest BCUT2D eigenvalue weighted by Crippen LogP contribution is -2.03. The van der Waals surface area contributed by atoms with Gasteiger partial charge in [0, 0.05) is 31.9 Å². The van der Waals surface area contributed by atoms with Crippen LogP contribution in [0.2, 0.25) is 0 Å². The third kappa shape index (κ3) is 3.06. The maximum Gasteiger partial charge on any atom is 0.212 e. The lowest BCUT2D eigenvalue weighted by molar-refractivity contribution is 0.397. The van der Waals surface area contributed by atoms with E-state index < -0.39 is 0 Å². The summed E-state index contributed by atoms with van der Waals surface area (Å²) in [6, 6.07) is 3.80. The first kappa shape index (κ1) is 13.0. The Morgan fingerprint density at radius 1 is 1.28 bits per heavy atom. The maximum atomic E-state index is 5.02. The molecule has 2 aromatic rings. The Hall–Kier alpha value is -1.44. The molecule has 0 radical (unpaired) electrons. The number of ether oxygens (including phenoxy) is 1. The fourth-order valence-corrected chi connectivity index (χ4v) is 2.01. The molecule has 0 aliphatic carbocycles. The van der Waals surface area contributed by atoms with Crippen LogP contribution in [0.1, 0.15) is 11.4 Å². The molecule has 0 unspecified atom stereocenters. The highest BCUT2D eigenvalue weighted by Crippen LogP contribution is 2.15. The highest BCUT2D eigenvalue weighted by atomic mass is 127. The first-order chi connectivity index (χ1) is 8.72. The molecular weight excluding hydrogens is 343 g/mol. The van der Waals surface area contributed by atoms with Gasteiger partial charge in [-0.05, 0) is 28.2 Å². The summed E-state index contributed by atoms with van der Waals surface area (Å²) in [5, 5.41) is 3.05. The van der Waals surface area contributed by atoms with E-state index in [2.05, 4.69) is 42.9 Å². The van der Waals surface area contributed by atoms with E-state index in [4.69, 9.17) is 4.74 Å². The molecular formula is C12H13IN4O. The van der Waals surface area contributed by atoms with E-state index in [1.807, 2.05) is 25.4 Å². The Bertz CT molecular complexity index is 530. The summed E-state index contributed by atoms with van der Waals surface area (Å²) in [7, 11) is 3.45. The van der Waals surface area contributed by atoms with E-state index in [0.717, 1.165) is 20.8 Å². The smallest absolute Gasteiger partial charge is 0.212 e. The normalized spacial score (nSPS) is 10.2. The van der Waals surface area contributed by atoms with E-state index >= 15 is 0 Å². The molecule has 0 spiro atoms. The van der Waals surface area contributed by atoms with Crippen molar-refractivity contribution in [1.29, 1.82) is 0 Å². The van der Waals surface area contributed by atoms with Crippen LogP contribution in [-0.4, -0.2) is 29.1 Å². The van der Waals surface area contributed by atoms with Crippen LogP contribution in [0.15, 0.2) is 24.5 Å². The molecule has 2 rings (SSSR count). The highest BCUT2D eigenvalue weighted by Gasteiger charge is 2.05. The zero-order chi connectivity index (χ0) is 13.0. The van der Waals surface area contributed by atoms with Crippen molar-refractivity contribution >= 4 is 28.4 Å². The number of nitrogens with zero attached hydrogens (tertiary/aromatic N) is 3. The minimum Gasteiger partial charge on any atom is -0.481 e. The molecule has 0 fully saturated rings. The van der Waals surface area contributed by atoms with Crippen LogP contribution < -0.4 is 10.1 Å². The summed E-state index contributed by atoms with van der Waals surface area (Å²) in [6.45, 7) is 0. The molecule has 0 saturated heterocycles. The molecule has 2 aromatic heterocycles. The predicted octanol–water partition coefficient (Wildman–Crippen LogP) is 2.12. The number of anilines is 1. The van der Waals surface area contributed by atoms with E-state index in [-0.39, 0.29) is 0 Å². The van der Waals surface area contributed by atoms with Crippen LogP contribution in [0.3, 0.4) is 0 Å². The maximum absolute atomic E-state index is 5.02. The molecule has 0 amide bonds. The van der Waals surface area contributed by atoms with Gasteiger partial charge in [0.1, 0.15) is 11.6 Å². The summed E-state index contributed by atoms with van der Waals surface area (Å²) in [6.07, 6.45) is 4.24. The van der Waals surface area contributed by atoms with Gasteiger partial charge >= 0.3 is 0 Å². The van der Waals surface area contributed by atoms with E-state index in [9.17, 15) is 0 Å². The molecule has 0 saturated carbocycles. The molecule has 94 valence electrons. The second-order valence-corrected chi connectivity index (χ2v) is 4.78. The van der Waals surface area contributed by atoms with Crippen LogP contribution in [0, 0.1) is 3.57 Å². The molecule has 0 atom stereocenters. The number of nitrogens with one attached hydrogen (secondary N) is 1. The third-order valence-electron chi connectivity index (χ3n) is 2.40. The topological polar surface area (TPSA) is 59.9 Å². The van der Waals surface area contributed by atoms with Gasteiger partial charge in [0.15, 0.2) is 0 Å². The Labute approximate surface area is 119 Å². The Morgan fingerprint density at radius 3 is 2.72 bits per heavy atom. The van der Waals surface area contributed by atoms with Gasteiger partial charge in [-0.15, -0.1) is 0 Å². The standard InChI is InChI=1S/C12H13IN4O/c1-14-12-9(13)7-15-10(17-12)5-8-3-4-11(18-2)16-6-8/h3-4,6-7H,5H2,1-2H3,(H,14,15,17). The fourth-order valence-electron chi connectivity index (χ4n) is 1.48. The first-order valence-corrected chi connectivity index (χ1v) is 6.49. The van der Waals surface area contributed by atoms with Crippen molar-refractivity contribution < 1.29 is 4.74 Å². The zero-order valence-corrected chi connectivity index (χ0v) is 12.3. The number of hydrogen-bond donors (Lipinski definition) is 1. The number of methoxy groups -OCH3 is 1. The van der Waals surface area contributed by atoms with E-state index in [1.165, 1.54) is 0 Å². The van der Waals surface area contributed by atoms with Crippen molar-refractivity contribution in [3.63, 3.8) is 0 Å². The van der Waals surface area contributed by atoms with Crippen molar-refractivity contribution in [1.82, 2.24) is 15.0 Å². The molecule has 0 aliphatic heterocycles. The van der Waals surface area contributed by atoms with Gasteiger partial charge in [-0.3, -0.25) is 0 Å². The molecule has 2 heterocycles. The Morgan fingerprint density at radius 2 is 2.11 bits per heavy atom. The predicted molar refractivity (Wildman–Crippen MR) is 77.9 cm³/mol. The van der Waals surface area contributed by atoms with Crippen LogP contribution >= 0.6 is 22.6 Å². The lowest BCUT2D eigenvalue weighted by Gasteiger charge is -2.05. The van der Waals surface area contributed by atoms with E-state index in [1.54, 1.807) is 13.3 Å². The minimum absolute atomic E-state index is 0.609. The monoisotopic (exact) mass is 356 g/mol. The minimum atomic E-state index is 0.609. The van der Waals surface area contributed by atoms with Crippen molar-refractivity contribution in [3.05, 3.63) is 39.5 Å². The van der Waals surface area contributed by atoms with Crippen LogP contribution in [-0.2, 0) is 6.42 Å². The molecule has 0 aliphatic rings. The summed E-state index contributed by atoms with van der Waals surface area (Å²) in [4.78, 5) is 12.9. The average Bonchev–Trinajstić information content (AvgIpc) is 2.42. The number of halogens is 1. The number of aromatic nitrogens is 3. The van der Waals surface area contributed by atoms with Gasteiger partial charge < -0.3 is 10.1 Å². The summed E-state index contributed by atoms with van der Waals surface area (Å²) < 4.78 is 6.02. The molecule has 0 aromatic carbocycles. The third-order valence-corrected chi connectivity index (χ3v) is 3.19. The SMILES string of the molecule is CNc1nc(Cc2ccc(OC)nc2)ncc1I. The van der Waals surface area contributed by atoms with Crippen LogP contribution in [0.25, 0.3) is 0 Å². The van der Waals surface area contributed by atoms with Crippen molar-refractivity contribution in [2.24, 2.45) is 0 Å². The summed E-state index contributed by atoms with van der Waals surface area (Å²) >= 11 is 2.20. The lowest BCUT2D eigenvalue weighted by atomic mass is 10.2. The van der Waals surface area contributed by atoms with Gasteiger partial charge in [-0.1, -0.05) is 6.07 Å². The fraction of sp³-hybridized carbons (Fsp3) is 0.250. The van der Waals surface area contributed by atoms with Gasteiger partial charge in [0.25, 0.3) is 0 Å². The average molecular weight is 356 g/mol. The van der Waals surface area contributed by atoms with Crippen molar-refractivity contribution in [2.45, 2.75) is 6.42 Å². The first-order valence-electron chi connectivity index (χ1n) is 5.41. The number of hydrogen-bond acceptors (Lipinski definition) is 5. The number of pyridine rings is 1. The molecule has 0 bridgehead atoms.